The number of hydrogen-bond donors (Lipinski definition) is 1. The van der Waals surface area contributed by atoms with Crippen molar-refractivity contribution >= 4 is 27.3 Å². The van der Waals surface area contributed by atoms with Gasteiger partial charge in [0.1, 0.15) is 0 Å². The molecule has 1 aromatic carbocycles. The number of nitrogens with one attached hydrogen (secondary N) is 1. The van der Waals surface area contributed by atoms with E-state index in [1.807, 2.05) is 5.38 Å². The molecule has 1 amide bonds. The van der Waals surface area contributed by atoms with Crippen molar-refractivity contribution in [1.29, 1.82) is 0 Å². The first-order chi connectivity index (χ1) is 12.8. The Labute approximate surface area is 160 Å². The fourth-order valence-corrected chi connectivity index (χ4v) is 5.41. The zero-order chi connectivity index (χ0) is 19.6. The zero-order valence-electron chi connectivity index (χ0n) is 14.6. The monoisotopic (exact) mass is 415 g/mol. The number of piperidine rings is 1. The minimum atomic E-state index is -3.86. The van der Waals surface area contributed by atoms with Crippen molar-refractivity contribution < 1.29 is 22.0 Å². The van der Waals surface area contributed by atoms with Crippen LogP contribution in [0.2, 0.25) is 0 Å². The lowest BCUT2D eigenvalue weighted by molar-refractivity contribution is -0.119. The number of hydrogen-bond acceptors (Lipinski definition) is 5. The normalized spacial score (nSPS) is 16.4. The summed E-state index contributed by atoms with van der Waals surface area (Å²) in [6, 6.07) is 2.61. The second kappa shape index (κ2) is 7.99. The third-order valence-corrected chi connectivity index (χ3v) is 7.37. The summed E-state index contributed by atoms with van der Waals surface area (Å²) in [6.45, 7) is 2.38. The van der Waals surface area contributed by atoms with Crippen LogP contribution in [0.5, 0.6) is 0 Å². The molecule has 0 unspecified atom stereocenters. The molecule has 1 fully saturated rings. The smallest absolute Gasteiger partial charge is 0.243 e. The number of amides is 1. The minimum absolute atomic E-state index is 0.125. The van der Waals surface area contributed by atoms with Crippen LogP contribution in [0.3, 0.4) is 0 Å². The third-order valence-electron chi connectivity index (χ3n) is 4.42. The summed E-state index contributed by atoms with van der Waals surface area (Å²) in [7, 11) is -3.86. The highest BCUT2D eigenvalue weighted by atomic mass is 32.2. The maximum atomic E-state index is 13.4. The molecule has 6 nitrogen and oxygen atoms in total. The van der Waals surface area contributed by atoms with Gasteiger partial charge in [-0.15, -0.1) is 11.3 Å². The summed E-state index contributed by atoms with van der Waals surface area (Å²) >= 11 is 1.49. The van der Waals surface area contributed by atoms with Crippen molar-refractivity contribution in [3.05, 3.63) is 45.9 Å². The van der Waals surface area contributed by atoms with Gasteiger partial charge in [0.25, 0.3) is 0 Å². The maximum absolute atomic E-state index is 13.4. The first kappa shape index (κ1) is 19.8. The Balaban J connectivity index is 1.64. The molecule has 1 aliphatic heterocycles. The molecule has 0 atom stereocenters. The Kier molecular flexibility index (Phi) is 5.87. The van der Waals surface area contributed by atoms with E-state index in [2.05, 4.69) is 10.3 Å². The van der Waals surface area contributed by atoms with Crippen LogP contribution in [0.25, 0.3) is 0 Å². The zero-order valence-corrected chi connectivity index (χ0v) is 16.2. The molecule has 0 aliphatic carbocycles. The van der Waals surface area contributed by atoms with E-state index in [-0.39, 0.29) is 29.8 Å². The van der Waals surface area contributed by atoms with Gasteiger partial charge in [0, 0.05) is 31.3 Å². The van der Waals surface area contributed by atoms with Crippen LogP contribution < -0.4 is 5.32 Å². The van der Waals surface area contributed by atoms with Crippen LogP contribution >= 0.6 is 11.3 Å². The van der Waals surface area contributed by atoms with Gasteiger partial charge < -0.3 is 5.32 Å². The SMILES string of the molecule is CC(=O)NCc1csc(C2CCN(S(=O)(=O)c3ccc(F)c(F)c3)CC2)n1. The molecule has 10 heteroatoms. The highest BCUT2D eigenvalue weighted by molar-refractivity contribution is 7.89. The van der Waals surface area contributed by atoms with E-state index in [0.717, 1.165) is 22.8 Å². The molecule has 146 valence electrons. The first-order valence-electron chi connectivity index (χ1n) is 8.41. The largest absolute Gasteiger partial charge is 0.351 e. The Hall–Kier alpha value is -1.91. The van der Waals surface area contributed by atoms with Gasteiger partial charge in [-0.3, -0.25) is 4.79 Å². The lowest BCUT2D eigenvalue weighted by atomic mass is 9.99. The lowest BCUT2D eigenvalue weighted by Gasteiger charge is -2.30. The molecule has 0 saturated carbocycles. The number of nitrogens with zero attached hydrogens (tertiary/aromatic N) is 2. The van der Waals surface area contributed by atoms with Crippen molar-refractivity contribution in [3.8, 4) is 0 Å². The summed E-state index contributed by atoms with van der Waals surface area (Å²) in [5.74, 6) is -2.25. The average Bonchev–Trinajstić information content (AvgIpc) is 3.11. The lowest BCUT2D eigenvalue weighted by Crippen LogP contribution is -2.38. The third kappa shape index (κ3) is 4.50. The second-order valence-electron chi connectivity index (χ2n) is 6.34. The van der Waals surface area contributed by atoms with E-state index in [0.29, 0.717) is 25.5 Å². The molecule has 1 N–H and O–H groups in total. The quantitative estimate of drug-likeness (QED) is 0.814. The van der Waals surface area contributed by atoms with Crippen LogP contribution in [0.15, 0.2) is 28.5 Å². The maximum Gasteiger partial charge on any atom is 0.243 e. The van der Waals surface area contributed by atoms with Crippen molar-refractivity contribution in [3.63, 3.8) is 0 Å². The Bertz CT molecular complexity index is 939. The predicted octanol–water partition coefficient (Wildman–Crippen LogP) is 2.63. The summed E-state index contributed by atoms with van der Waals surface area (Å²) in [4.78, 5) is 15.2. The van der Waals surface area contributed by atoms with Crippen LogP contribution in [-0.2, 0) is 21.4 Å². The number of carbonyl (C=O) groups excluding carboxylic acids is 1. The highest BCUT2D eigenvalue weighted by Gasteiger charge is 2.31. The molecule has 0 radical (unpaired) electrons. The molecule has 2 aromatic rings. The molecule has 2 heterocycles. The number of carbonyl (C=O) groups is 1. The molecule has 0 bridgehead atoms. The van der Waals surface area contributed by atoms with Gasteiger partial charge >= 0.3 is 0 Å². The van der Waals surface area contributed by atoms with Gasteiger partial charge in [0.2, 0.25) is 15.9 Å². The molecule has 27 heavy (non-hydrogen) atoms. The Morgan fingerprint density at radius 1 is 1.30 bits per heavy atom. The highest BCUT2D eigenvalue weighted by Crippen LogP contribution is 2.32. The summed E-state index contributed by atoms with van der Waals surface area (Å²) in [5.41, 5.74) is 0.780. The van der Waals surface area contributed by atoms with Crippen molar-refractivity contribution in [2.75, 3.05) is 13.1 Å². The molecule has 1 aromatic heterocycles. The second-order valence-corrected chi connectivity index (χ2v) is 9.17. The summed E-state index contributed by atoms with van der Waals surface area (Å²) in [5, 5.41) is 5.49. The predicted molar refractivity (Wildman–Crippen MR) is 96.7 cm³/mol. The number of aromatic nitrogens is 1. The number of halogens is 2. The van der Waals surface area contributed by atoms with E-state index in [1.165, 1.54) is 22.6 Å². The van der Waals surface area contributed by atoms with Crippen LogP contribution in [0, 0.1) is 11.6 Å². The van der Waals surface area contributed by atoms with Crippen LogP contribution in [0.1, 0.15) is 36.4 Å². The van der Waals surface area contributed by atoms with Crippen molar-refractivity contribution in [2.45, 2.75) is 37.1 Å². The minimum Gasteiger partial charge on any atom is -0.351 e. The molecule has 1 aliphatic rings. The molecule has 3 rings (SSSR count). The number of thiazole rings is 1. The van der Waals surface area contributed by atoms with E-state index < -0.39 is 21.7 Å². The van der Waals surface area contributed by atoms with Gasteiger partial charge in [-0.25, -0.2) is 22.2 Å². The van der Waals surface area contributed by atoms with Gasteiger partial charge in [-0.2, -0.15) is 4.31 Å². The summed E-state index contributed by atoms with van der Waals surface area (Å²) in [6.07, 6.45) is 1.19. The van der Waals surface area contributed by atoms with E-state index in [1.54, 1.807) is 0 Å². The van der Waals surface area contributed by atoms with Gasteiger partial charge in [0.05, 0.1) is 22.1 Å². The van der Waals surface area contributed by atoms with E-state index in [9.17, 15) is 22.0 Å². The number of benzene rings is 1. The molecule has 1 saturated heterocycles. The number of rotatable bonds is 5. The van der Waals surface area contributed by atoms with Gasteiger partial charge in [-0.05, 0) is 31.0 Å². The van der Waals surface area contributed by atoms with Gasteiger partial charge in [0.15, 0.2) is 11.6 Å². The Morgan fingerprint density at radius 3 is 2.63 bits per heavy atom. The molecule has 0 spiro atoms. The topological polar surface area (TPSA) is 79.4 Å². The Morgan fingerprint density at radius 2 is 2.00 bits per heavy atom. The van der Waals surface area contributed by atoms with E-state index >= 15 is 0 Å². The van der Waals surface area contributed by atoms with Crippen LogP contribution in [0.4, 0.5) is 8.78 Å². The number of sulfonamides is 1. The molecular formula is C17H19F2N3O3S2. The van der Waals surface area contributed by atoms with Gasteiger partial charge in [-0.1, -0.05) is 0 Å². The average molecular weight is 415 g/mol. The van der Waals surface area contributed by atoms with Crippen LogP contribution in [-0.4, -0.2) is 36.7 Å². The summed E-state index contributed by atoms with van der Waals surface area (Å²) < 4.78 is 53.0. The molecular weight excluding hydrogens is 396 g/mol. The van der Waals surface area contributed by atoms with E-state index in [4.69, 9.17) is 0 Å². The fourth-order valence-electron chi connectivity index (χ4n) is 2.94. The van der Waals surface area contributed by atoms with Crippen molar-refractivity contribution in [1.82, 2.24) is 14.6 Å². The van der Waals surface area contributed by atoms with Crippen molar-refractivity contribution in [2.24, 2.45) is 0 Å². The standard InChI is InChI=1S/C17H19F2N3O3S2/c1-11(23)20-9-13-10-26-17(21-13)12-4-6-22(7-5-12)27(24,25)14-2-3-15(18)16(19)8-14/h2-3,8,10,12H,4-7,9H2,1H3,(H,20,23). The first-order valence-corrected chi connectivity index (χ1v) is 10.7. The fraction of sp³-hybridized carbons (Fsp3) is 0.412.